The Balaban J connectivity index is 2.19. The third-order valence-electron chi connectivity index (χ3n) is 4.76. The van der Waals surface area contributed by atoms with Crippen molar-refractivity contribution >= 4 is 11.6 Å². The highest BCUT2D eigenvalue weighted by atomic mass is 19.4. The third-order valence-corrected chi connectivity index (χ3v) is 4.76. The van der Waals surface area contributed by atoms with Crippen molar-refractivity contribution in [3.8, 4) is 0 Å². The van der Waals surface area contributed by atoms with Gasteiger partial charge in [0.15, 0.2) is 0 Å². The van der Waals surface area contributed by atoms with Crippen molar-refractivity contribution in [1.82, 2.24) is 0 Å². The van der Waals surface area contributed by atoms with E-state index in [0.717, 1.165) is 6.07 Å². The van der Waals surface area contributed by atoms with Crippen LogP contribution in [0.15, 0.2) is 18.2 Å². The molecule has 1 saturated carbocycles. The molecule has 2 rings (SSSR count). The fourth-order valence-electron chi connectivity index (χ4n) is 2.88. The number of amides is 1. The second kappa shape index (κ2) is 6.00. The van der Waals surface area contributed by atoms with E-state index in [-0.39, 0.29) is 18.2 Å². The molecule has 1 fully saturated rings. The first-order valence-electron chi connectivity index (χ1n) is 7.52. The van der Waals surface area contributed by atoms with E-state index in [1.54, 1.807) is 13.8 Å². The quantitative estimate of drug-likeness (QED) is 0.821. The first-order chi connectivity index (χ1) is 10.9. The predicted molar refractivity (Wildman–Crippen MR) is 80.8 cm³/mol. The van der Waals surface area contributed by atoms with E-state index in [9.17, 15) is 22.4 Å². The van der Waals surface area contributed by atoms with Gasteiger partial charge in [-0.1, -0.05) is 13.8 Å². The maximum Gasteiger partial charge on any atom is 0.419 e. The van der Waals surface area contributed by atoms with Crippen LogP contribution in [-0.2, 0) is 15.7 Å². The van der Waals surface area contributed by atoms with Crippen molar-refractivity contribution in [1.29, 1.82) is 0 Å². The van der Waals surface area contributed by atoms with Gasteiger partial charge in [0, 0.05) is 24.1 Å². The number of nitrogens with two attached hydrogens (primary N) is 1. The number of hydrogen-bond donors (Lipinski definition) is 2. The number of hydrogen-bond acceptors (Lipinski definition) is 3. The van der Waals surface area contributed by atoms with E-state index in [2.05, 4.69) is 5.32 Å². The number of alkyl halides is 3. The van der Waals surface area contributed by atoms with Crippen molar-refractivity contribution in [2.75, 3.05) is 11.9 Å². The fraction of sp³-hybridized carbons (Fsp3) is 0.562. The number of anilines is 1. The van der Waals surface area contributed by atoms with Crippen LogP contribution in [-0.4, -0.2) is 24.2 Å². The van der Waals surface area contributed by atoms with Crippen molar-refractivity contribution in [2.45, 2.75) is 45.0 Å². The molecule has 24 heavy (non-hydrogen) atoms. The van der Waals surface area contributed by atoms with Crippen LogP contribution < -0.4 is 11.1 Å². The zero-order valence-corrected chi connectivity index (χ0v) is 13.6. The van der Waals surface area contributed by atoms with E-state index in [0.29, 0.717) is 18.7 Å². The highest BCUT2D eigenvalue weighted by Crippen LogP contribution is 2.50. The number of nitrogens with one attached hydrogen (secondary N) is 1. The molecule has 0 heterocycles. The Labute approximate surface area is 137 Å². The average Bonchev–Trinajstić information content (AvgIpc) is 2.47. The van der Waals surface area contributed by atoms with E-state index in [4.69, 9.17) is 10.5 Å². The van der Waals surface area contributed by atoms with Crippen LogP contribution in [0.2, 0.25) is 0 Å². The van der Waals surface area contributed by atoms with E-state index in [1.807, 2.05) is 6.92 Å². The number of halogens is 4. The summed E-state index contributed by atoms with van der Waals surface area (Å²) in [7, 11) is 0. The first kappa shape index (κ1) is 18.7. The summed E-state index contributed by atoms with van der Waals surface area (Å²) in [6, 6.07) is 2.29. The van der Waals surface area contributed by atoms with Crippen molar-refractivity contribution in [2.24, 2.45) is 11.1 Å². The molecule has 0 bridgehead atoms. The molecule has 4 nitrogen and oxygen atoms in total. The minimum absolute atomic E-state index is 0.158. The Morgan fingerprint density at radius 3 is 2.54 bits per heavy atom. The van der Waals surface area contributed by atoms with Gasteiger partial charge in [0.25, 0.3) is 0 Å². The summed E-state index contributed by atoms with van der Waals surface area (Å²) in [5.74, 6) is -2.02. The predicted octanol–water partition coefficient (Wildman–Crippen LogP) is 3.32. The Morgan fingerprint density at radius 2 is 2.04 bits per heavy atom. The van der Waals surface area contributed by atoms with Crippen LogP contribution >= 0.6 is 0 Å². The number of carbonyl (C=O) groups excluding carboxylic acids is 1. The van der Waals surface area contributed by atoms with Crippen LogP contribution in [0.1, 0.15) is 32.8 Å². The number of carbonyl (C=O) groups is 1. The van der Waals surface area contributed by atoms with Crippen LogP contribution in [0.25, 0.3) is 0 Å². The van der Waals surface area contributed by atoms with Crippen molar-refractivity contribution in [3.05, 3.63) is 29.6 Å². The first-order valence-corrected chi connectivity index (χ1v) is 7.52. The van der Waals surface area contributed by atoms with E-state index in [1.165, 1.54) is 0 Å². The Hall–Kier alpha value is -1.67. The van der Waals surface area contributed by atoms with E-state index < -0.39 is 34.4 Å². The Bertz CT molecular complexity index is 645. The molecule has 2 atom stereocenters. The van der Waals surface area contributed by atoms with Crippen LogP contribution in [0.3, 0.4) is 0 Å². The topological polar surface area (TPSA) is 64.3 Å². The highest BCUT2D eigenvalue weighted by molar-refractivity contribution is 5.99. The Kier molecular flexibility index (Phi) is 4.67. The van der Waals surface area contributed by atoms with Gasteiger partial charge < -0.3 is 15.8 Å². The van der Waals surface area contributed by atoms with Crippen molar-refractivity contribution < 1.29 is 27.1 Å². The monoisotopic (exact) mass is 348 g/mol. The van der Waals surface area contributed by atoms with Crippen molar-refractivity contribution in [3.63, 3.8) is 0 Å². The zero-order chi connectivity index (χ0) is 18.3. The summed E-state index contributed by atoms with van der Waals surface area (Å²) in [6.45, 7) is 5.83. The van der Waals surface area contributed by atoms with Crippen LogP contribution in [0, 0.1) is 11.2 Å². The molecule has 8 heteroatoms. The summed E-state index contributed by atoms with van der Waals surface area (Å²) in [6.07, 6.45) is -4.80. The average molecular weight is 348 g/mol. The molecule has 134 valence electrons. The standard InChI is InChI=1S/C16H20F4N2O2/c1-4-24-12-8-15(21,14(12,2)3)13(23)22-9-5-6-11(17)10(7-9)16(18,19)20/h5-7,12H,4,8,21H2,1-3H3,(H,22,23). The van der Waals surface area contributed by atoms with E-state index >= 15 is 0 Å². The van der Waals surface area contributed by atoms with Crippen LogP contribution in [0.4, 0.5) is 23.2 Å². The summed E-state index contributed by atoms with van der Waals surface area (Å²) in [4.78, 5) is 12.5. The molecule has 0 radical (unpaired) electrons. The maximum atomic E-state index is 13.3. The second-order valence-corrected chi connectivity index (χ2v) is 6.49. The summed E-state index contributed by atoms with van der Waals surface area (Å²) < 4.78 is 57.0. The highest BCUT2D eigenvalue weighted by Gasteiger charge is 2.62. The molecule has 1 aromatic rings. The molecule has 3 N–H and O–H groups in total. The normalized spacial score (nSPS) is 25.9. The SMILES string of the molecule is CCOC1CC(N)(C(=O)Nc2ccc(F)c(C(F)(F)F)c2)C1(C)C. The second-order valence-electron chi connectivity index (χ2n) is 6.49. The smallest absolute Gasteiger partial charge is 0.378 e. The van der Waals surface area contributed by atoms with Crippen LogP contribution in [0.5, 0.6) is 0 Å². The molecule has 0 aromatic heterocycles. The van der Waals surface area contributed by atoms with Gasteiger partial charge in [-0.15, -0.1) is 0 Å². The number of rotatable bonds is 4. The summed E-state index contributed by atoms with van der Waals surface area (Å²) in [5, 5.41) is 2.36. The van der Waals surface area contributed by atoms with Gasteiger partial charge in [-0.25, -0.2) is 4.39 Å². The van der Waals surface area contributed by atoms with Gasteiger partial charge in [0.1, 0.15) is 11.4 Å². The minimum Gasteiger partial charge on any atom is -0.378 e. The zero-order valence-electron chi connectivity index (χ0n) is 13.6. The lowest BCUT2D eigenvalue weighted by Gasteiger charge is -2.57. The lowest BCUT2D eigenvalue weighted by atomic mass is 9.54. The van der Waals surface area contributed by atoms with Gasteiger partial charge >= 0.3 is 6.18 Å². The molecule has 1 amide bonds. The molecule has 1 aliphatic carbocycles. The van der Waals surface area contributed by atoms with Gasteiger partial charge in [-0.3, -0.25) is 4.79 Å². The van der Waals surface area contributed by atoms with Gasteiger partial charge in [0.05, 0.1) is 11.7 Å². The van der Waals surface area contributed by atoms with Gasteiger partial charge in [-0.05, 0) is 25.1 Å². The molecule has 0 spiro atoms. The molecular formula is C16H20F4N2O2. The molecule has 1 aromatic carbocycles. The summed E-state index contributed by atoms with van der Waals surface area (Å²) >= 11 is 0. The molecular weight excluding hydrogens is 328 g/mol. The molecule has 0 aliphatic heterocycles. The lowest BCUT2D eigenvalue weighted by molar-refractivity contribution is -0.166. The van der Waals surface area contributed by atoms with Gasteiger partial charge in [-0.2, -0.15) is 13.2 Å². The lowest BCUT2D eigenvalue weighted by Crippen LogP contribution is -2.74. The largest absolute Gasteiger partial charge is 0.419 e. The third kappa shape index (κ3) is 3.00. The maximum absolute atomic E-state index is 13.3. The minimum atomic E-state index is -4.85. The molecule has 2 unspecified atom stereocenters. The summed E-state index contributed by atoms with van der Waals surface area (Å²) in [5.41, 5.74) is 2.60. The number of benzene rings is 1. The fourth-order valence-corrected chi connectivity index (χ4v) is 2.88. The molecule has 1 aliphatic rings. The molecule has 0 saturated heterocycles. The number of ether oxygens (including phenoxy) is 1. The van der Waals surface area contributed by atoms with Gasteiger partial charge in [0.2, 0.25) is 5.91 Å². The Morgan fingerprint density at radius 1 is 1.42 bits per heavy atom.